The average molecular weight is 303 g/mol. The molecule has 2 rings (SSSR count). The number of hydrogen-bond acceptors (Lipinski definition) is 4. The summed E-state index contributed by atoms with van der Waals surface area (Å²) in [6.07, 6.45) is 6.38. The molecule has 19 heavy (non-hydrogen) atoms. The summed E-state index contributed by atoms with van der Waals surface area (Å²) >= 11 is 11.7. The number of aromatic nitrogens is 3. The molecule has 0 radical (unpaired) electrons. The molecular weight excluding hydrogens is 283 g/mol. The summed E-state index contributed by atoms with van der Waals surface area (Å²) in [5.41, 5.74) is 0.356. The fourth-order valence-electron chi connectivity index (χ4n) is 3.12. The van der Waals surface area contributed by atoms with Crippen LogP contribution in [0.1, 0.15) is 46.0 Å². The van der Waals surface area contributed by atoms with Gasteiger partial charge in [0.25, 0.3) is 0 Å². The van der Waals surface area contributed by atoms with E-state index < -0.39 is 0 Å². The van der Waals surface area contributed by atoms with Gasteiger partial charge in [0.15, 0.2) is 11.0 Å². The van der Waals surface area contributed by atoms with Crippen LogP contribution in [0, 0.1) is 11.3 Å². The zero-order chi connectivity index (χ0) is 13.9. The van der Waals surface area contributed by atoms with Crippen molar-refractivity contribution in [2.24, 2.45) is 11.3 Å². The van der Waals surface area contributed by atoms with E-state index in [4.69, 9.17) is 23.2 Å². The van der Waals surface area contributed by atoms with Crippen molar-refractivity contribution in [3.63, 3.8) is 0 Å². The topological polar surface area (TPSA) is 50.7 Å². The molecule has 1 aliphatic carbocycles. The van der Waals surface area contributed by atoms with Gasteiger partial charge in [-0.25, -0.2) is 0 Å². The predicted octanol–water partition coefficient (Wildman–Crippen LogP) is 4.20. The van der Waals surface area contributed by atoms with Crippen molar-refractivity contribution in [3.05, 3.63) is 10.4 Å². The van der Waals surface area contributed by atoms with Crippen molar-refractivity contribution in [3.8, 4) is 0 Å². The van der Waals surface area contributed by atoms with E-state index in [-0.39, 0.29) is 10.4 Å². The van der Waals surface area contributed by atoms with Crippen LogP contribution in [0.25, 0.3) is 0 Å². The van der Waals surface area contributed by atoms with Gasteiger partial charge in [-0.15, -0.1) is 10.2 Å². The summed E-state index contributed by atoms with van der Waals surface area (Å²) in [5, 5.41) is 11.1. The van der Waals surface area contributed by atoms with Crippen LogP contribution in [0.5, 0.6) is 0 Å². The van der Waals surface area contributed by atoms with E-state index in [2.05, 4.69) is 34.3 Å². The maximum atomic E-state index is 5.98. The van der Waals surface area contributed by atoms with Gasteiger partial charge in [-0.1, -0.05) is 38.3 Å². The Morgan fingerprint density at radius 2 is 1.89 bits per heavy atom. The molecule has 0 unspecified atom stereocenters. The lowest BCUT2D eigenvalue weighted by Crippen LogP contribution is -2.29. The molecule has 106 valence electrons. The van der Waals surface area contributed by atoms with Crippen LogP contribution >= 0.6 is 23.2 Å². The highest BCUT2D eigenvalue weighted by Gasteiger charge is 2.34. The molecule has 4 nitrogen and oxygen atoms in total. The van der Waals surface area contributed by atoms with Crippen molar-refractivity contribution < 1.29 is 0 Å². The molecule has 1 heterocycles. The molecule has 1 aromatic rings. The first-order valence-electron chi connectivity index (χ1n) is 6.80. The lowest BCUT2D eigenvalue weighted by atomic mass is 9.78. The number of halogens is 2. The first-order chi connectivity index (χ1) is 9.01. The molecule has 0 amide bonds. The van der Waals surface area contributed by atoms with Gasteiger partial charge in [-0.2, -0.15) is 4.98 Å². The molecule has 1 saturated carbocycles. The van der Waals surface area contributed by atoms with E-state index >= 15 is 0 Å². The third-order valence-electron chi connectivity index (χ3n) is 3.76. The van der Waals surface area contributed by atoms with E-state index in [1.54, 1.807) is 0 Å². The summed E-state index contributed by atoms with van der Waals surface area (Å²) in [4.78, 5) is 4.09. The van der Waals surface area contributed by atoms with Crippen LogP contribution < -0.4 is 5.32 Å². The van der Waals surface area contributed by atoms with E-state index in [1.807, 2.05) is 0 Å². The monoisotopic (exact) mass is 302 g/mol. The number of nitrogens with one attached hydrogen (secondary N) is 1. The van der Waals surface area contributed by atoms with Gasteiger partial charge in [0.2, 0.25) is 5.28 Å². The molecule has 1 N–H and O–H groups in total. The van der Waals surface area contributed by atoms with E-state index in [0.29, 0.717) is 17.2 Å². The minimum atomic E-state index is 0.122. The van der Waals surface area contributed by atoms with Crippen LogP contribution in [0.15, 0.2) is 0 Å². The summed E-state index contributed by atoms with van der Waals surface area (Å²) in [7, 11) is 0. The van der Waals surface area contributed by atoms with Gasteiger partial charge < -0.3 is 5.32 Å². The molecular formula is C13H20Cl2N4. The Morgan fingerprint density at radius 1 is 1.21 bits per heavy atom. The Kier molecular flexibility index (Phi) is 4.85. The highest BCUT2D eigenvalue weighted by Crippen LogP contribution is 2.43. The summed E-state index contributed by atoms with van der Waals surface area (Å²) < 4.78 is 0. The lowest BCUT2D eigenvalue weighted by molar-refractivity contribution is 0.252. The average Bonchev–Trinajstić information content (AvgIpc) is 2.78. The second kappa shape index (κ2) is 6.23. The van der Waals surface area contributed by atoms with Gasteiger partial charge in [0, 0.05) is 6.54 Å². The van der Waals surface area contributed by atoms with Gasteiger partial charge in [-0.3, -0.25) is 0 Å². The number of anilines is 1. The molecule has 0 bridgehead atoms. The number of nitrogens with zero attached hydrogens (tertiary/aromatic N) is 3. The maximum absolute atomic E-state index is 5.98. The Morgan fingerprint density at radius 3 is 2.53 bits per heavy atom. The molecule has 1 aromatic heterocycles. The van der Waals surface area contributed by atoms with Crippen molar-refractivity contribution >= 4 is 29.0 Å². The second-order valence-corrected chi connectivity index (χ2v) is 6.57. The molecule has 0 aliphatic heterocycles. The highest BCUT2D eigenvalue weighted by molar-refractivity contribution is 6.32. The smallest absolute Gasteiger partial charge is 0.245 e. The normalized spacial score (nSPS) is 17.9. The van der Waals surface area contributed by atoms with E-state index in [1.165, 1.54) is 32.1 Å². The Bertz CT molecular complexity index is 431. The number of hydrogen-bond donors (Lipinski definition) is 1. The van der Waals surface area contributed by atoms with Crippen LogP contribution in [0.2, 0.25) is 10.4 Å². The van der Waals surface area contributed by atoms with E-state index in [9.17, 15) is 0 Å². The predicted molar refractivity (Wildman–Crippen MR) is 78.7 cm³/mol. The van der Waals surface area contributed by atoms with Gasteiger partial charge in [0.1, 0.15) is 0 Å². The second-order valence-electron chi connectivity index (χ2n) is 5.88. The first kappa shape index (κ1) is 14.8. The zero-order valence-electron chi connectivity index (χ0n) is 11.4. The Hall–Kier alpha value is -0.610. The molecule has 0 spiro atoms. The van der Waals surface area contributed by atoms with Crippen molar-refractivity contribution in [1.82, 2.24) is 15.2 Å². The molecule has 6 heteroatoms. The van der Waals surface area contributed by atoms with Crippen LogP contribution in [0.4, 0.5) is 5.82 Å². The Labute approximate surface area is 124 Å². The maximum Gasteiger partial charge on any atom is 0.245 e. The van der Waals surface area contributed by atoms with Crippen molar-refractivity contribution in [2.45, 2.75) is 46.0 Å². The van der Waals surface area contributed by atoms with Gasteiger partial charge in [0.05, 0.1) is 0 Å². The van der Waals surface area contributed by atoms with Gasteiger partial charge >= 0.3 is 0 Å². The van der Waals surface area contributed by atoms with Gasteiger partial charge in [-0.05, 0) is 42.2 Å². The standard InChI is InChI=1S/C13H20Cl2N4/c1-9(2)7-13(5-3-4-6-13)8-16-11-10(14)18-19-12(15)17-11/h9H,3-8H2,1-2H3,(H,16,17,19). The van der Waals surface area contributed by atoms with Crippen molar-refractivity contribution in [1.29, 1.82) is 0 Å². The third-order valence-corrected chi connectivity index (χ3v) is 4.17. The highest BCUT2D eigenvalue weighted by atomic mass is 35.5. The largest absolute Gasteiger partial charge is 0.367 e. The molecule has 0 aromatic carbocycles. The minimum absolute atomic E-state index is 0.122. The van der Waals surface area contributed by atoms with E-state index in [0.717, 1.165) is 6.54 Å². The zero-order valence-corrected chi connectivity index (χ0v) is 12.9. The molecule has 1 aliphatic rings. The summed E-state index contributed by atoms with van der Waals surface area (Å²) in [6.45, 7) is 5.42. The van der Waals surface area contributed by atoms with Crippen LogP contribution in [-0.4, -0.2) is 21.7 Å². The fraction of sp³-hybridized carbons (Fsp3) is 0.769. The third kappa shape index (κ3) is 3.93. The first-order valence-corrected chi connectivity index (χ1v) is 7.56. The minimum Gasteiger partial charge on any atom is -0.367 e. The van der Waals surface area contributed by atoms with Crippen LogP contribution in [0.3, 0.4) is 0 Å². The molecule has 0 saturated heterocycles. The molecule has 0 atom stereocenters. The quantitative estimate of drug-likeness (QED) is 0.886. The Balaban J connectivity index is 2.04. The summed E-state index contributed by atoms with van der Waals surface area (Å²) in [5.74, 6) is 1.24. The summed E-state index contributed by atoms with van der Waals surface area (Å²) in [6, 6.07) is 0. The SMILES string of the molecule is CC(C)CC1(CNc2nc(Cl)nnc2Cl)CCCC1. The molecule has 1 fully saturated rings. The van der Waals surface area contributed by atoms with Crippen molar-refractivity contribution in [2.75, 3.05) is 11.9 Å². The lowest BCUT2D eigenvalue weighted by Gasteiger charge is -2.31. The fourth-order valence-corrected chi connectivity index (χ4v) is 3.39. The van der Waals surface area contributed by atoms with Crippen LogP contribution in [-0.2, 0) is 0 Å². The number of rotatable bonds is 5.